The van der Waals surface area contributed by atoms with Crippen molar-refractivity contribution in [2.24, 2.45) is 0 Å². The fourth-order valence-corrected chi connectivity index (χ4v) is 2.23. The molecule has 6 nitrogen and oxygen atoms in total. The van der Waals surface area contributed by atoms with Gasteiger partial charge in [0, 0.05) is 12.1 Å². The van der Waals surface area contributed by atoms with Crippen LogP contribution in [0.1, 0.15) is 11.4 Å². The fraction of sp³-hybridized carbons (Fsp3) is 0.167. The number of nitro benzene ring substituents is 1. The Balaban J connectivity index is 2.45. The van der Waals surface area contributed by atoms with Crippen molar-refractivity contribution in [3.63, 3.8) is 0 Å². The van der Waals surface area contributed by atoms with Gasteiger partial charge in [-0.1, -0.05) is 34.8 Å². The molecule has 1 heterocycles. The number of aromatic nitrogens is 2. The lowest BCUT2D eigenvalue weighted by Gasteiger charge is -2.10. The molecule has 2 rings (SSSR count). The lowest BCUT2D eigenvalue weighted by atomic mass is 10.3. The maximum Gasteiger partial charge on any atom is 0.272 e. The van der Waals surface area contributed by atoms with E-state index in [2.05, 4.69) is 9.97 Å². The van der Waals surface area contributed by atoms with E-state index >= 15 is 0 Å². The number of aryl methyl sites for hydroxylation is 2. The lowest BCUT2D eigenvalue weighted by molar-refractivity contribution is -0.384. The van der Waals surface area contributed by atoms with Gasteiger partial charge in [0.1, 0.15) is 0 Å². The molecule has 0 saturated carbocycles. The minimum absolute atomic E-state index is 0.0229. The minimum atomic E-state index is -0.607. The maximum absolute atomic E-state index is 10.7. The van der Waals surface area contributed by atoms with Gasteiger partial charge in [-0.15, -0.1) is 0 Å². The van der Waals surface area contributed by atoms with Gasteiger partial charge in [0.15, 0.2) is 10.9 Å². The van der Waals surface area contributed by atoms with Crippen LogP contribution >= 0.6 is 34.8 Å². The average molecular weight is 349 g/mol. The van der Waals surface area contributed by atoms with Crippen LogP contribution in [0.15, 0.2) is 12.1 Å². The highest BCUT2D eigenvalue weighted by Gasteiger charge is 2.18. The van der Waals surface area contributed by atoms with Gasteiger partial charge in [0.25, 0.3) is 11.6 Å². The fourth-order valence-electron chi connectivity index (χ4n) is 1.47. The van der Waals surface area contributed by atoms with E-state index in [0.717, 1.165) is 12.1 Å². The van der Waals surface area contributed by atoms with Gasteiger partial charge >= 0.3 is 0 Å². The van der Waals surface area contributed by atoms with Crippen LogP contribution in [0.4, 0.5) is 5.69 Å². The third-order valence-electron chi connectivity index (χ3n) is 2.63. The average Bonchev–Trinajstić information content (AvgIpc) is 2.39. The number of hydrogen-bond acceptors (Lipinski definition) is 5. The van der Waals surface area contributed by atoms with Crippen molar-refractivity contribution in [3.05, 3.63) is 48.8 Å². The molecule has 9 heteroatoms. The van der Waals surface area contributed by atoms with Gasteiger partial charge in [-0.3, -0.25) is 10.1 Å². The highest BCUT2D eigenvalue weighted by molar-refractivity contribution is 6.37. The molecule has 0 radical (unpaired) electrons. The molecule has 0 bridgehead atoms. The van der Waals surface area contributed by atoms with Crippen LogP contribution in [0.5, 0.6) is 11.6 Å². The molecule has 0 spiro atoms. The van der Waals surface area contributed by atoms with E-state index in [-0.39, 0.29) is 32.5 Å². The first-order valence-corrected chi connectivity index (χ1v) is 6.75. The summed E-state index contributed by atoms with van der Waals surface area (Å²) in [5.74, 6) is 0.0563. The molecule has 2 aromatic rings. The molecule has 1 aromatic carbocycles. The Hall–Kier alpha value is -1.63. The predicted octanol–water partition coefficient (Wildman–Crippen LogP) is 4.75. The quantitative estimate of drug-likeness (QED) is 0.590. The van der Waals surface area contributed by atoms with E-state index in [9.17, 15) is 10.1 Å². The van der Waals surface area contributed by atoms with Gasteiger partial charge < -0.3 is 4.74 Å². The zero-order chi connectivity index (χ0) is 15.7. The number of nitrogens with zero attached hydrogens (tertiary/aromatic N) is 3. The van der Waals surface area contributed by atoms with Crippen molar-refractivity contribution in [3.8, 4) is 11.6 Å². The first-order chi connectivity index (χ1) is 9.79. The standard InChI is InChI=1S/C12H8Cl3N3O3/c1-5-6(2)17-12(11(15)16-5)21-10-8(13)3-7(18(19)20)4-9(10)14/h3-4H,1-2H3. The van der Waals surface area contributed by atoms with Crippen molar-refractivity contribution in [1.29, 1.82) is 0 Å². The van der Waals surface area contributed by atoms with Crippen molar-refractivity contribution in [1.82, 2.24) is 9.97 Å². The number of nitro groups is 1. The van der Waals surface area contributed by atoms with Crippen LogP contribution in [0.2, 0.25) is 15.2 Å². The summed E-state index contributed by atoms with van der Waals surface area (Å²) in [7, 11) is 0. The van der Waals surface area contributed by atoms with E-state index in [1.807, 2.05) is 0 Å². The molecule has 110 valence electrons. The van der Waals surface area contributed by atoms with Crippen molar-refractivity contribution in [2.45, 2.75) is 13.8 Å². The number of hydrogen-bond donors (Lipinski definition) is 0. The van der Waals surface area contributed by atoms with Gasteiger partial charge in [0.2, 0.25) is 0 Å². The first-order valence-electron chi connectivity index (χ1n) is 5.61. The molecule has 0 unspecified atom stereocenters. The van der Waals surface area contributed by atoms with Crippen molar-refractivity contribution < 1.29 is 9.66 Å². The Bertz CT molecular complexity index is 714. The van der Waals surface area contributed by atoms with E-state index in [1.165, 1.54) is 0 Å². The zero-order valence-corrected chi connectivity index (χ0v) is 13.1. The molecule has 0 atom stereocenters. The molecular weight excluding hydrogens is 341 g/mol. The molecule has 0 fully saturated rings. The minimum Gasteiger partial charge on any atom is -0.433 e. The number of rotatable bonds is 3. The summed E-state index contributed by atoms with van der Waals surface area (Å²) in [6.07, 6.45) is 0. The summed E-state index contributed by atoms with van der Waals surface area (Å²) < 4.78 is 5.45. The predicted molar refractivity (Wildman–Crippen MR) is 79.7 cm³/mol. The van der Waals surface area contributed by atoms with Crippen LogP contribution in [-0.2, 0) is 0 Å². The molecule has 0 N–H and O–H groups in total. The number of halogens is 3. The molecule has 0 aliphatic carbocycles. The molecule has 0 aliphatic rings. The SMILES string of the molecule is Cc1nc(Cl)c(Oc2c(Cl)cc([N+](=O)[O-])cc2Cl)nc1C. The molecular formula is C12H8Cl3N3O3. The van der Waals surface area contributed by atoms with Gasteiger partial charge in [-0.25, -0.2) is 9.97 Å². The van der Waals surface area contributed by atoms with Crippen LogP contribution in [0.3, 0.4) is 0 Å². The number of ether oxygens (including phenoxy) is 1. The van der Waals surface area contributed by atoms with Crippen LogP contribution in [-0.4, -0.2) is 14.9 Å². The second kappa shape index (κ2) is 6.01. The van der Waals surface area contributed by atoms with E-state index < -0.39 is 4.92 Å². The van der Waals surface area contributed by atoms with E-state index in [0.29, 0.717) is 11.4 Å². The molecule has 0 saturated heterocycles. The Morgan fingerprint density at radius 2 is 1.62 bits per heavy atom. The van der Waals surface area contributed by atoms with Crippen LogP contribution < -0.4 is 4.74 Å². The zero-order valence-electron chi connectivity index (χ0n) is 10.9. The first kappa shape index (κ1) is 15.8. The summed E-state index contributed by atoms with van der Waals surface area (Å²) in [6.45, 7) is 3.49. The summed E-state index contributed by atoms with van der Waals surface area (Å²) in [4.78, 5) is 18.3. The van der Waals surface area contributed by atoms with Gasteiger partial charge in [-0.2, -0.15) is 0 Å². The normalized spacial score (nSPS) is 10.5. The Kier molecular flexibility index (Phi) is 4.51. The Morgan fingerprint density at radius 1 is 1.10 bits per heavy atom. The molecule has 0 aliphatic heterocycles. The second-order valence-electron chi connectivity index (χ2n) is 4.09. The van der Waals surface area contributed by atoms with Crippen molar-refractivity contribution >= 4 is 40.5 Å². The maximum atomic E-state index is 10.7. The summed E-state index contributed by atoms with van der Waals surface area (Å²) in [5, 5.41) is 10.7. The van der Waals surface area contributed by atoms with Gasteiger partial charge in [-0.05, 0) is 13.8 Å². The molecule has 21 heavy (non-hydrogen) atoms. The topological polar surface area (TPSA) is 78.2 Å². The van der Waals surface area contributed by atoms with Gasteiger partial charge in [0.05, 0.1) is 26.4 Å². The summed E-state index contributed by atoms with van der Waals surface area (Å²) in [6, 6.07) is 2.26. The van der Waals surface area contributed by atoms with E-state index in [1.54, 1.807) is 13.8 Å². The van der Waals surface area contributed by atoms with Crippen molar-refractivity contribution in [2.75, 3.05) is 0 Å². The summed E-state index contributed by atoms with van der Waals surface area (Å²) >= 11 is 17.8. The number of benzene rings is 1. The molecule has 0 amide bonds. The monoisotopic (exact) mass is 347 g/mol. The smallest absolute Gasteiger partial charge is 0.272 e. The number of non-ortho nitro benzene ring substituents is 1. The third-order valence-corrected chi connectivity index (χ3v) is 3.44. The third kappa shape index (κ3) is 3.34. The highest BCUT2D eigenvalue weighted by atomic mass is 35.5. The summed E-state index contributed by atoms with van der Waals surface area (Å²) in [5.41, 5.74) is 1.05. The van der Waals surface area contributed by atoms with E-state index in [4.69, 9.17) is 39.5 Å². The Morgan fingerprint density at radius 3 is 2.14 bits per heavy atom. The van der Waals surface area contributed by atoms with Crippen LogP contribution in [0.25, 0.3) is 0 Å². The lowest BCUT2D eigenvalue weighted by Crippen LogP contribution is -1.98. The molecule has 1 aromatic heterocycles. The Labute approximate surface area is 134 Å². The second-order valence-corrected chi connectivity index (χ2v) is 5.26. The highest BCUT2D eigenvalue weighted by Crippen LogP contribution is 2.40. The van der Waals surface area contributed by atoms with Crippen LogP contribution in [0, 0.1) is 24.0 Å². The largest absolute Gasteiger partial charge is 0.433 e.